The molecule has 2 N–H and O–H groups in total. The van der Waals surface area contributed by atoms with E-state index in [0.29, 0.717) is 11.4 Å². The van der Waals surface area contributed by atoms with Gasteiger partial charge in [-0.1, -0.05) is 30.2 Å². The number of benzene rings is 1. The number of nitrogens with one attached hydrogen (secondary N) is 2. The van der Waals surface area contributed by atoms with Crippen LogP contribution in [0.15, 0.2) is 36.0 Å². The molecule has 2 aliphatic heterocycles. The van der Waals surface area contributed by atoms with Gasteiger partial charge in [0, 0.05) is 18.8 Å². The Morgan fingerprint density at radius 2 is 1.77 bits per heavy atom. The zero-order valence-electron chi connectivity index (χ0n) is 15.1. The third-order valence-electron chi connectivity index (χ3n) is 4.72. The van der Waals surface area contributed by atoms with Crippen LogP contribution in [0.25, 0.3) is 0 Å². The van der Waals surface area contributed by atoms with Crippen molar-refractivity contribution in [1.82, 2.24) is 15.8 Å². The number of imide groups is 2. The summed E-state index contributed by atoms with van der Waals surface area (Å²) in [5.41, 5.74) is 5.17. The van der Waals surface area contributed by atoms with E-state index in [-0.39, 0.29) is 0 Å². The normalized spacial score (nSPS) is 22.4. The van der Waals surface area contributed by atoms with Gasteiger partial charge in [0.05, 0.1) is 5.69 Å². The van der Waals surface area contributed by atoms with Gasteiger partial charge in [-0.15, -0.1) is 0 Å². The molecule has 3 rings (SSSR count). The van der Waals surface area contributed by atoms with E-state index in [4.69, 9.17) is 0 Å². The Bertz CT molecular complexity index is 736. The number of allylic oxidation sites excluding steroid dienone is 1. The second-order valence-corrected chi connectivity index (χ2v) is 6.64. The van der Waals surface area contributed by atoms with Crippen molar-refractivity contribution in [1.29, 1.82) is 0 Å². The minimum absolute atomic E-state index is 0.448. The summed E-state index contributed by atoms with van der Waals surface area (Å²) in [5.74, 6) is -2.21. The predicted octanol–water partition coefficient (Wildman–Crippen LogP) is 2.09. The number of rotatable bonds is 4. The molecule has 0 aromatic heterocycles. The largest absolute Gasteiger partial charge is 0.335 e. The molecule has 4 amide bonds. The summed E-state index contributed by atoms with van der Waals surface area (Å²) in [5, 5.41) is 4.32. The van der Waals surface area contributed by atoms with Crippen LogP contribution in [0.4, 0.5) is 10.5 Å². The van der Waals surface area contributed by atoms with E-state index < -0.39 is 23.8 Å². The van der Waals surface area contributed by atoms with Crippen LogP contribution in [-0.2, 0) is 9.59 Å². The standard InChI is InChI=1S/C19H24N4O3/c1-3-15(21-22-11-5-4-6-12-22)16-17(24)20-19(26)23(18(16)25)14-9-7-13(2)8-10-14/h3,7-10,16,21H,4-6,11-12H2,1-2H3,(H,20,24,26)/b15-3+/t16-/m0/s1. The number of piperidine rings is 1. The Hall–Kier alpha value is -2.67. The summed E-state index contributed by atoms with van der Waals surface area (Å²) in [6.45, 7) is 5.43. The molecule has 2 heterocycles. The van der Waals surface area contributed by atoms with Gasteiger partial charge >= 0.3 is 6.03 Å². The molecule has 2 aliphatic rings. The van der Waals surface area contributed by atoms with E-state index in [2.05, 4.69) is 10.7 Å². The molecule has 0 spiro atoms. The summed E-state index contributed by atoms with van der Waals surface area (Å²) >= 11 is 0. The Morgan fingerprint density at radius 1 is 1.12 bits per heavy atom. The Labute approximate surface area is 153 Å². The van der Waals surface area contributed by atoms with Gasteiger partial charge in [-0.3, -0.25) is 14.9 Å². The second-order valence-electron chi connectivity index (χ2n) is 6.64. The average Bonchev–Trinajstić information content (AvgIpc) is 2.63. The van der Waals surface area contributed by atoms with Gasteiger partial charge in [0.25, 0.3) is 5.91 Å². The van der Waals surface area contributed by atoms with Crippen LogP contribution in [0.3, 0.4) is 0 Å². The van der Waals surface area contributed by atoms with Crippen molar-refractivity contribution >= 4 is 23.5 Å². The number of hydrogen-bond acceptors (Lipinski definition) is 5. The molecule has 2 fully saturated rings. The number of hydrogen-bond donors (Lipinski definition) is 2. The van der Waals surface area contributed by atoms with Crippen LogP contribution in [0.1, 0.15) is 31.7 Å². The summed E-state index contributed by atoms with van der Waals surface area (Å²) in [4.78, 5) is 38.7. The number of anilines is 1. The number of urea groups is 1. The van der Waals surface area contributed by atoms with E-state index in [1.807, 2.05) is 24.1 Å². The number of aryl methyl sites for hydroxylation is 1. The molecule has 138 valence electrons. The van der Waals surface area contributed by atoms with Crippen molar-refractivity contribution in [3.8, 4) is 0 Å². The predicted molar refractivity (Wildman–Crippen MR) is 98.0 cm³/mol. The minimum atomic E-state index is -1.07. The molecule has 0 bridgehead atoms. The lowest BCUT2D eigenvalue weighted by atomic mass is 9.99. The monoisotopic (exact) mass is 356 g/mol. The average molecular weight is 356 g/mol. The van der Waals surface area contributed by atoms with Crippen LogP contribution < -0.4 is 15.6 Å². The van der Waals surface area contributed by atoms with Crippen molar-refractivity contribution < 1.29 is 14.4 Å². The maximum absolute atomic E-state index is 13.0. The van der Waals surface area contributed by atoms with Crippen molar-refractivity contribution in [2.24, 2.45) is 5.92 Å². The van der Waals surface area contributed by atoms with E-state index in [1.54, 1.807) is 25.1 Å². The van der Waals surface area contributed by atoms with E-state index in [9.17, 15) is 14.4 Å². The Morgan fingerprint density at radius 3 is 2.38 bits per heavy atom. The van der Waals surface area contributed by atoms with Gasteiger partial charge in [0.2, 0.25) is 5.91 Å². The zero-order valence-corrected chi connectivity index (χ0v) is 15.1. The van der Waals surface area contributed by atoms with E-state index in [0.717, 1.165) is 36.4 Å². The number of hydrazine groups is 1. The number of carbonyl (C=O) groups is 3. The maximum atomic E-state index is 13.0. The molecule has 1 aromatic carbocycles. The molecular formula is C19H24N4O3. The molecule has 0 radical (unpaired) electrons. The molecule has 1 atom stereocenters. The van der Waals surface area contributed by atoms with Crippen molar-refractivity contribution in [3.05, 3.63) is 41.6 Å². The van der Waals surface area contributed by atoms with Gasteiger partial charge in [0.1, 0.15) is 0 Å². The van der Waals surface area contributed by atoms with Crippen molar-refractivity contribution in [3.63, 3.8) is 0 Å². The maximum Gasteiger partial charge on any atom is 0.335 e. The first kappa shape index (κ1) is 18.1. The highest BCUT2D eigenvalue weighted by atomic mass is 16.2. The van der Waals surface area contributed by atoms with Gasteiger partial charge < -0.3 is 5.43 Å². The molecule has 2 saturated heterocycles. The van der Waals surface area contributed by atoms with E-state index in [1.165, 1.54) is 6.42 Å². The lowest BCUT2D eigenvalue weighted by molar-refractivity contribution is -0.133. The Balaban J connectivity index is 1.85. The summed E-state index contributed by atoms with van der Waals surface area (Å²) in [6, 6.07) is 6.34. The fourth-order valence-corrected chi connectivity index (χ4v) is 3.27. The minimum Gasteiger partial charge on any atom is -0.322 e. The van der Waals surface area contributed by atoms with Crippen LogP contribution >= 0.6 is 0 Å². The third kappa shape index (κ3) is 3.62. The summed E-state index contributed by atoms with van der Waals surface area (Å²) < 4.78 is 0. The van der Waals surface area contributed by atoms with Gasteiger partial charge in [-0.25, -0.2) is 14.7 Å². The topological polar surface area (TPSA) is 81.8 Å². The van der Waals surface area contributed by atoms with Crippen LogP contribution in [0, 0.1) is 12.8 Å². The van der Waals surface area contributed by atoms with Crippen molar-refractivity contribution in [2.45, 2.75) is 33.1 Å². The first-order chi connectivity index (χ1) is 12.5. The number of amides is 4. The number of barbiturate groups is 1. The summed E-state index contributed by atoms with van der Waals surface area (Å²) in [7, 11) is 0. The highest BCUT2D eigenvalue weighted by Gasteiger charge is 2.43. The van der Waals surface area contributed by atoms with Crippen LogP contribution in [-0.4, -0.2) is 35.9 Å². The number of nitrogens with zero attached hydrogens (tertiary/aromatic N) is 2. The molecular weight excluding hydrogens is 332 g/mol. The Kier molecular flexibility index (Phi) is 5.37. The third-order valence-corrected chi connectivity index (χ3v) is 4.72. The summed E-state index contributed by atoms with van der Waals surface area (Å²) in [6.07, 6.45) is 5.05. The second kappa shape index (κ2) is 7.70. The smallest absolute Gasteiger partial charge is 0.322 e. The molecule has 0 aliphatic carbocycles. The fourth-order valence-electron chi connectivity index (χ4n) is 3.27. The van der Waals surface area contributed by atoms with Gasteiger partial charge in [-0.2, -0.15) is 0 Å². The lowest BCUT2D eigenvalue weighted by Crippen LogP contribution is -2.60. The molecule has 26 heavy (non-hydrogen) atoms. The fraction of sp³-hybridized carbons (Fsp3) is 0.421. The first-order valence-electron chi connectivity index (χ1n) is 8.94. The van der Waals surface area contributed by atoms with Gasteiger partial charge in [0.15, 0.2) is 5.92 Å². The molecule has 7 nitrogen and oxygen atoms in total. The van der Waals surface area contributed by atoms with Crippen LogP contribution in [0.2, 0.25) is 0 Å². The quantitative estimate of drug-likeness (QED) is 0.808. The molecule has 0 saturated carbocycles. The molecule has 0 unspecified atom stereocenters. The highest BCUT2D eigenvalue weighted by Crippen LogP contribution is 2.24. The van der Waals surface area contributed by atoms with E-state index >= 15 is 0 Å². The SMILES string of the molecule is C/C=C(/NN1CCCCC1)[C@H]1C(=O)NC(=O)N(c2ccc(C)cc2)C1=O. The highest BCUT2D eigenvalue weighted by molar-refractivity contribution is 6.28. The number of carbonyl (C=O) groups excluding carboxylic acids is 3. The molecule has 7 heteroatoms. The lowest BCUT2D eigenvalue weighted by Gasteiger charge is -2.35. The van der Waals surface area contributed by atoms with Gasteiger partial charge in [-0.05, 0) is 38.8 Å². The van der Waals surface area contributed by atoms with Crippen LogP contribution in [0.5, 0.6) is 0 Å². The van der Waals surface area contributed by atoms with Crippen molar-refractivity contribution in [2.75, 3.05) is 18.0 Å². The molecule has 1 aromatic rings. The first-order valence-corrected chi connectivity index (χ1v) is 8.94. The zero-order chi connectivity index (χ0) is 18.7.